The van der Waals surface area contributed by atoms with Crippen LogP contribution in [0.5, 0.6) is 0 Å². The average molecular weight is 920 g/mol. The van der Waals surface area contributed by atoms with Gasteiger partial charge < -0.3 is 0 Å². The van der Waals surface area contributed by atoms with Crippen LogP contribution in [0.15, 0.2) is 188 Å². The Balaban J connectivity index is 0.000000135. The quantitative estimate of drug-likeness (QED) is 0.0921. The maximum absolute atomic E-state index is 5.15. The van der Waals surface area contributed by atoms with Gasteiger partial charge in [-0.25, -0.2) is 0 Å². The van der Waals surface area contributed by atoms with Crippen molar-refractivity contribution in [2.75, 3.05) is 0 Å². The SMILES string of the molecule is Cc1cc(-c2cccc3cc4ccccc4cc23)c2cc(C)[cH-]c2c1.Cc1cc(-c2cccc3cc4ccccc4cc23)c2cc(C)[cH-]c2c1.[CH2-]c1ccccc1.[Si]=[Zr]([Cl])[Cl]. The van der Waals surface area contributed by atoms with Crippen LogP contribution in [0.2, 0.25) is 0 Å². The van der Waals surface area contributed by atoms with E-state index in [0.717, 1.165) is 5.56 Å². The number of aryl methyl sites for hydroxylation is 4. The molecule has 0 unspecified atom stereocenters. The van der Waals surface area contributed by atoms with Crippen LogP contribution in [-0.2, 0) is 18.0 Å². The van der Waals surface area contributed by atoms with E-state index in [0.29, 0.717) is 0 Å². The fraction of sp³-hybridized carbons (Fsp3) is 0.0702. The van der Waals surface area contributed by atoms with Gasteiger partial charge in [0.1, 0.15) is 0 Å². The normalized spacial score (nSPS) is 10.9. The van der Waals surface area contributed by atoms with Crippen molar-refractivity contribution in [2.45, 2.75) is 27.7 Å². The Labute approximate surface area is 376 Å². The molecule has 0 saturated carbocycles. The summed E-state index contributed by atoms with van der Waals surface area (Å²) in [4.78, 5) is 0. The van der Waals surface area contributed by atoms with Crippen molar-refractivity contribution in [3.05, 3.63) is 223 Å². The molecule has 11 rings (SSSR count). The van der Waals surface area contributed by atoms with Gasteiger partial charge in [0.05, 0.1) is 0 Å². The van der Waals surface area contributed by atoms with E-state index in [1.165, 1.54) is 109 Å². The van der Waals surface area contributed by atoms with Crippen LogP contribution in [0.25, 0.3) is 86.9 Å². The molecule has 0 saturated heterocycles. The van der Waals surface area contributed by atoms with Crippen LogP contribution in [0.4, 0.5) is 0 Å². The minimum absolute atomic E-state index is 1.07. The minimum atomic E-state index is -1.79. The van der Waals surface area contributed by atoms with E-state index in [1.807, 2.05) is 30.3 Å². The van der Waals surface area contributed by atoms with Crippen molar-refractivity contribution >= 4 is 88.5 Å². The Morgan fingerprint density at radius 2 is 0.754 bits per heavy atom. The molecule has 0 aliphatic heterocycles. The molecule has 11 aromatic carbocycles. The maximum atomic E-state index is 5.15. The summed E-state index contributed by atoms with van der Waals surface area (Å²) in [5.41, 5.74) is 11.7. The molecule has 61 heavy (non-hydrogen) atoms. The van der Waals surface area contributed by atoms with Crippen molar-refractivity contribution < 1.29 is 18.0 Å². The molecular weight excluding hydrogens is 875 g/mol. The van der Waals surface area contributed by atoms with Gasteiger partial charge in [0, 0.05) is 0 Å². The van der Waals surface area contributed by atoms with E-state index in [2.05, 4.69) is 199 Å². The van der Waals surface area contributed by atoms with E-state index in [-0.39, 0.29) is 0 Å². The predicted octanol–water partition coefficient (Wildman–Crippen LogP) is 17.2. The number of halogens is 2. The average Bonchev–Trinajstić information content (AvgIpc) is 3.82. The molecule has 0 bridgehead atoms. The van der Waals surface area contributed by atoms with E-state index >= 15 is 0 Å². The molecule has 0 aliphatic rings. The van der Waals surface area contributed by atoms with Gasteiger partial charge in [0.2, 0.25) is 0 Å². The zero-order valence-corrected chi connectivity index (χ0v) is 39.8. The van der Waals surface area contributed by atoms with Crippen molar-refractivity contribution in [3.63, 3.8) is 0 Å². The number of fused-ring (bicyclic) bond motifs is 6. The van der Waals surface area contributed by atoms with E-state index < -0.39 is 18.0 Å². The molecule has 0 atom stereocenters. The molecule has 298 valence electrons. The molecular formula is C57H45Cl2SiZr-3. The first kappa shape index (κ1) is 42.5. The van der Waals surface area contributed by atoms with Gasteiger partial charge in [-0.2, -0.15) is 36.8 Å². The molecule has 0 heterocycles. The number of hydrogen-bond acceptors (Lipinski definition) is 0. The Kier molecular flexibility index (Phi) is 13.1. The molecule has 2 radical (unpaired) electrons. The van der Waals surface area contributed by atoms with E-state index in [4.69, 9.17) is 17.0 Å². The summed E-state index contributed by atoms with van der Waals surface area (Å²) < 4.78 is 0. The fourth-order valence-electron chi connectivity index (χ4n) is 8.57. The third kappa shape index (κ3) is 9.80. The number of benzene rings is 9. The number of hydrogen-bond donors (Lipinski definition) is 0. The molecule has 4 heteroatoms. The Morgan fingerprint density at radius 1 is 0.393 bits per heavy atom. The van der Waals surface area contributed by atoms with Crippen LogP contribution in [0.1, 0.15) is 27.8 Å². The van der Waals surface area contributed by atoms with Gasteiger partial charge >= 0.3 is 41.9 Å². The Bertz CT molecular complexity index is 3150. The van der Waals surface area contributed by atoms with Crippen LogP contribution in [0, 0.1) is 34.6 Å². The van der Waals surface area contributed by atoms with Crippen molar-refractivity contribution in [3.8, 4) is 22.3 Å². The van der Waals surface area contributed by atoms with Gasteiger partial charge in [-0.15, -0.1) is 69.1 Å². The second kappa shape index (κ2) is 18.8. The summed E-state index contributed by atoms with van der Waals surface area (Å²) in [6, 6.07) is 68.1. The molecule has 0 nitrogen and oxygen atoms in total. The summed E-state index contributed by atoms with van der Waals surface area (Å²) in [7, 11) is 10.3. The first-order chi connectivity index (χ1) is 29.5. The molecule has 0 aliphatic carbocycles. The zero-order valence-electron chi connectivity index (χ0n) is 34.9. The van der Waals surface area contributed by atoms with E-state index in [9.17, 15) is 0 Å². The van der Waals surface area contributed by atoms with Crippen LogP contribution in [-0.4, -0.2) is 6.88 Å². The standard InChI is InChI=1S/2C25H19.C7H7.2ClH.Si.Zr/c2*1-16-10-21-11-17(2)13-25(23(21)12-16)22-9-5-8-20-14-18-6-3-4-7-19(18)15-24(20)22;1-7-5-3-2-4-6-7;;;;/h2*3-15H,1-2H3;2-6H,1H2;2*1H;;/q3*-1;;;;+2/p-2. The molecule has 0 fully saturated rings. The summed E-state index contributed by atoms with van der Waals surface area (Å²) in [5.74, 6) is 0. The van der Waals surface area contributed by atoms with Gasteiger partial charge in [-0.05, 0) is 92.3 Å². The second-order valence-corrected chi connectivity index (χ2v) is 29.5. The first-order valence-corrected chi connectivity index (χ1v) is 31.0. The first-order valence-electron chi connectivity index (χ1n) is 20.5. The van der Waals surface area contributed by atoms with E-state index in [1.54, 1.807) is 0 Å². The second-order valence-electron chi connectivity index (χ2n) is 15.9. The van der Waals surface area contributed by atoms with Crippen molar-refractivity contribution in [1.29, 1.82) is 0 Å². The van der Waals surface area contributed by atoms with Gasteiger partial charge in [0.15, 0.2) is 0 Å². The monoisotopic (exact) mass is 917 g/mol. The number of rotatable bonds is 2. The summed E-state index contributed by atoms with van der Waals surface area (Å²) in [6.07, 6.45) is 0. The Hall–Kier alpha value is -5.21. The van der Waals surface area contributed by atoms with Gasteiger partial charge in [-0.3, -0.25) is 0 Å². The molecule has 0 amide bonds. The molecule has 0 aromatic heterocycles. The van der Waals surface area contributed by atoms with Crippen molar-refractivity contribution in [1.82, 2.24) is 0 Å². The summed E-state index contributed by atoms with van der Waals surface area (Å²) >= 11 is -1.79. The van der Waals surface area contributed by atoms with Crippen LogP contribution >= 0.6 is 17.0 Å². The Morgan fingerprint density at radius 3 is 1.13 bits per heavy atom. The van der Waals surface area contributed by atoms with Crippen LogP contribution in [0.3, 0.4) is 0 Å². The third-order valence-corrected chi connectivity index (χ3v) is 11.1. The zero-order chi connectivity index (χ0) is 42.6. The van der Waals surface area contributed by atoms with Gasteiger partial charge in [0.25, 0.3) is 0 Å². The molecule has 0 N–H and O–H groups in total. The van der Waals surface area contributed by atoms with Gasteiger partial charge in [-0.1, -0.05) is 139 Å². The summed E-state index contributed by atoms with van der Waals surface area (Å²) in [6.45, 7) is 15.5. The topological polar surface area (TPSA) is 0 Å². The van der Waals surface area contributed by atoms with Crippen molar-refractivity contribution in [2.24, 2.45) is 0 Å². The predicted molar refractivity (Wildman–Crippen MR) is 267 cm³/mol. The summed E-state index contributed by atoms with van der Waals surface area (Å²) in [5, 5.41) is 15.8. The molecule has 0 spiro atoms. The molecule has 11 aromatic rings. The fourth-order valence-corrected chi connectivity index (χ4v) is 8.57. The third-order valence-electron chi connectivity index (χ3n) is 11.1. The van der Waals surface area contributed by atoms with Crippen LogP contribution < -0.4 is 0 Å².